The molecule has 2 fully saturated rings. The second-order valence-electron chi connectivity index (χ2n) is 6.90. The summed E-state index contributed by atoms with van der Waals surface area (Å²) in [6.07, 6.45) is 8.24. The van der Waals surface area contributed by atoms with E-state index < -0.39 is 10.2 Å². The van der Waals surface area contributed by atoms with Crippen LogP contribution in [0, 0.1) is 5.92 Å². The Hall–Kier alpha value is -0.170. The van der Waals surface area contributed by atoms with Crippen LogP contribution in [0.25, 0.3) is 0 Å². The number of nitrogens with zero attached hydrogens (tertiary/aromatic N) is 2. The summed E-state index contributed by atoms with van der Waals surface area (Å²) in [5, 5.41) is 0. The third-order valence-corrected chi connectivity index (χ3v) is 7.59. The van der Waals surface area contributed by atoms with Gasteiger partial charge in [-0.15, -0.1) is 0 Å². The van der Waals surface area contributed by atoms with Gasteiger partial charge in [-0.05, 0) is 31.6 Å². The molecule has 124 valence electrons. The fourth-order valence-electron chi connectivity index (χ4n) is 3.67. The van der Waals surface area contributed by atoms with Crippen molar-refractivity contribution >= 4 is 10.2 Å². The molecular weight excluding hydrogens is 286 g/mol. The van der Waals surface area contributed by atoms with Crippen molar-refractivity contribution in [1.29, 1.82) is 0 Å². The smallest absolute Gasteiger partial charge is 0.282 e. The Morgan fingerprint density at radius 3 is 2.14 bits per heavy atom. The molecule has 1 saturated carbocycles. The van der Waals surface area contributed by atoms with Crippen LogP contribution in [0.5, 0.6) is 0 Å². The molecule has 5 nitrogen and oxygen atoms in total. The number of hydrogen-bond donors (Lipinski definition) is 1. The average molecular weight is 317 g/mol. The van der Waals surface area contributed by atoms with Crippen molar-refractivity contribution in [3.05, 3.63) is 0 Å². The highest BCUT2D eigenvalue weighted by Gasteiger charge is 2.42. The van der Waals surface area contributed by atoms with E-state index in [-0.39, 0.29) is 5.54 Å². The van der Waals surface area contributed by atoms with Crippen LogP contribution in [-0.4, -0.2) is 49.2 Å². The average Bonchev–Trinajstić information content (AvgIpc) is 2.73. The highest BCUT2D eigenvalue weighted by Crippen LogP contribution is 2.34. The molecule has 0 amide bonds. The van der Waals surface area contributed by atoms with E-state index in [1.54, 1.807) is 15.7 Å². The number of likely N-dealkylation sites (N-methyl/N-ethyl adjacent to an activating group) is 1. The Labute approximate surface area is 130 Å². The molecule has 1 saturated heterocycles. The van der Waals surface area contributed by atoms with Crippen LogP contribution in [0.4, 0.5) is 0 Å². The normalized spacial score (nSPS) is 25.9. The summed E-state index contributed by atoms with van der Waals surface area (Å²) in [5.74, 6) is 0.628. The van der Waals surface area contributed by atoms with Gasteiger partial charge in [0.05, 0.1) is 0 Å². The first-order valence-corrected chi connectivity index (χ1v) is 9.76. The monoisotopic (exact) mass is 317 g/mol. The highest BCUT2D eigenvalue weighted by molar-refractivity contribution is 7.86. The largest absolute Gasteiger partial charge is 0.329 e. The lowest BCUT2D eigenvalue weighted by molar-refractivity contribution is 0.175. The van der Waals surface area contributed by atoms with Gasteiger partial charge >= 0.3 is 0 Å². The van der Waals surface area contributed by atoms with Gasteiger partial charge in [-0.3, -0.25) is 0 Å². The quantitative estimate of drug-likeness (QED) is 0.806. The number of rotatable bonds is 4. The molecule has 0 spiro atoms. The summed E-state index contributed by atoms with van der Waals surface area (Å²) in [4.78, 5) is 0. The van der Waals surface area contributed by atoms with E-state index in [0.717, 1.165) is 38.5 Å². The second-order valence-corrected chi connectivity index (χ2v) is 8.86. The van der Waals surface area contributed by atoms with E-state index in [9.17, 15) is 8.42 Å². The fraction of sp³-hybridized carbons (Fsp3) is 1.00. The molecule has 2 aliphatic rings. The van der Waals surface area contributed by atoms with Gasteiger partial charge in [0.25, 0.3) is 10.2 Å². The highest BCUT2D eigenvalue weighted by atomic mass is 32.2. The lowest BCUT2D eigenvalue weighted by Gasteiger charge is -2.43. The van der Waals surface area contributed by atoms with Gasteiger partial charge in [-0.25, -0.2) is 0 Å². The maximum Gasteiger partial charge on any atom is 0.282 e. The predicted octanol–water partition coefficient (Wildman–Crippen LogP) is 1.95. The lowest BCUT2D eigenvalue weighted by Crippen LogP contribution is -2.58. The molecular formula is C15H31N3O2S. The summed E-state index contributed by atoms with van der Waals surface area (Å²) >= 11 is 0. The topological polar surface area (TPSA) is 66.6 Å². The van der Waals surface area contributed by atoms with E-state index >= 15 is 0 Å². The van der Waals surface area contributed by atoms with Crippen molar-refractivity contribution in [2.75, 3.05) is 26.7 Å². The van der Waals surface area contributed by atoms with Gasteiger partial charge in [0.15, 0.2) is 0 Å². The van der Waals surface area contributed by atoms with E-state index in [2.05, 4.69) is 6.92 Å². The first kappa shape index (κ1) is 17.2. The third kappa shape index (κ3) is 3.60. The Kier molecular flexibility index (Phi) is 5.68. The van der Waals surface area contributed by atoms with Crippen LogP contribution in [0.2, 0.25) is 0 Å². The maximum absolute atomic E-state index is 13.0. The fourth-order valence-corrected chi connectivity index (χ4v) is 5.43. The van der Waals surface area contributed by atoms with Crippen LogP contribution in [0.3, 0.4) is 0 Å². The molecule has 0 atom stereocenters. The standard InChI is InChI=1S/C15H31N3O2S/c1-14-7-11-18(12-8-14)21(19,20)17(2)15(13-16)9-5-3-4-6-10-15/h14H,3-13,16H2,1-2H3. The molecule has 6 heteroatoms. The lowest BCUT2D eigenvalue weighted by atomic mass is 9.90. The molecule has 0 aromatic carbocycles. The van der Waals surface area contributed by atoms with Crippen molar-refractivity contribution in [1.82, 2.24) is 8.61 Å². The van der Waals surface area contributed by atoms with Gasteiger partial charge in [0.2, 0.25) is 0 Å². The zero-order valence-corrected chi connectivity index (χ0v) is 14.4. The van der Waals surface area contributed by atoms with Crippen molar-refractivity contribution in [2.24, 2.45) is 11.7 Å². The van der Waals surface area contributed by atoms with Gasteiger partial charge in [-0.1, -0.05) is 32.6 Å². The van der Waals surface area contributed by atoms with E-state index in [4.69, 9.17) is 5.73 Å². The molecule has 1 aliphatic carbocycles. The maximum atomic E-state index is 13.0. The molecule has 2 rings (SSSR count). The van der Waals surface area contributed by atoms with Crippen LogP contribution >= 0.6 is 0 Å². The SMILES string of the molecule is CC1CCN(S(=O)(=O)N(C)C2(CN)CCCCCC2)CC1. The molecule has 1 heterocycles. The zero-order chi connectivity index (χ0) is 15.5. The summed E-state index contributed by atoms with van der Waals surface area (Å²) < 4.78 is 29.2. The van der Waals surface area contributed by atoms with Crippen molar-refractivity contribution < 1.29 is 8.42 Å². The minimum atomic E-state index is -3.39. The first-order chi connectivity index (χ1) is 9.92. The van der Waals surface area contributed by atoms with E-state index in [1.807, 2.05) is 0 Å². The van der Waals surface area contributed by atoms with Crippen LogP contribution in [0.15, 0.2) is 0 Å². The summed E-state index contributed by atoms with van der Waals surface area (Å²) in [6.45, 7) is 3.91. The molecule has 1 aliphatic heterocycles. The molecule has 2 N–H and O–H groups in total. The van der Waals surface area contributed by atoms with Crippen molar-refractivity contribution in [2.45, 2.75) is 63.8 Å². The zero-order valence-electron chi connectivity index (χ0n) is 13.6. The van der Waals surface area contributed by atoms with Crippen LogP contribution < -0.4 is 5.73 Å². The Morgan fingerprint density at radius 2 is 1.67 bits per heavy atom. The third-order valence-electron chi connectivity index (χ3n) is 5.50. The molecule has 0 unspecified atom stereocenters. The number of nitrogens with two attached hydrogens (primary N) is 1. The Bertz CT molecular complexity index is 422. The van der Waals surface area contributed by atoms with Gasteiger partial charge in [0.1, 0.15) is 0 Å². The number of piperidine rings is 1. The minimum Gasteiger partial charge on any atom is -0.329 e. The van der Waals surface area contributed by atoms with E-state index in [1.165, 1.54) is 12.8 Å². The second kappa shape index (κ2) is 6.94. The van der Waals surface area contributed by atoms with Gasteiger partial charge in [0, 0.05) is 32.2 Å². The molecule has 0 radical (unpaired) electrons. The number of hydrogen-bond acceptors (Lipinski definition) is 3. The first-order valence-electron chi connectivity index (χ1n) is 8.36. The van der Waals surface area contributed by atoms with Gasteiger partial charge < -0.3 is 5.73 Å². The van der Waals surface area contributed by atoms with Crippen LogP contribution in [-0.2, 0) is 10.2 Å². The van der Waals surface area contributed by atoms with Crippen LogP contribution in [0.1, 0.15) is 58.3 Å². The summed E-state index contributed by atoms with van der Waals surface area (Å²) in [7, 11) is -1.64. The summed E-state index contributed by atoms with van der Waals surface area (Å²) in [5.41, 5.74) is 5.66. The van der Waals surface area contributed by atoms with Crippen molar-refractivity contribution in [3.8, 4) is 0 Å². The Balaban J connectivity index is 2.17. The molecule has 0 bridgehead atoms. The van der Waals surface area contributed by atoms with E-state index in [0.29, 0.717) is 25.6 Å². The summed E-state index contributed by atoms with van der Waals surface area (Å²) in [6, 6.07) is 0. The molecule has 0 aromatic rings. The Morgan fingerprint density at radius 1 is 1.14 bits per heavy atom. The minimum absolute atomic E-state index is 0.377. The molecule has 0 aromatic heterocycles. The molecule has 21 heavy (non-hydrogen) atoms. The van der Waals surface area contributed by atoms with Gasteiger partial charge in [-0.2, -0.15) is 17.0 Å². The van der Waals surface area contributed by atoms with Crippen molar-refractivity contribution in [3.63, 3.8) is 0 Å². The predicted molar refractivity (Wildman–Crippen MR) is 86.1 cm³/mol.